The highest BCUT2D eigenvalue weighted by Crippen LogP contribution is 2.18. The van der Waals surface area contributed by atoms with E-state index in [1.165, 1.54) is 0 Å². The Labute approximate surface area is 116 Å². The summed E-state index contributed by atoms with van der Waals surface area (Å²) in [5, 5.41) is 9.65. The second-order valence-electron chi connectivity index (χ2n) is 4.06. The smallest absolute Gasteiger partial charge is 0.245 e. The second-order valence-corrected chi connectivity index (χ2v) is 4.97. The van der Waals surface area contributed by atoms with Gasteiger partial charge in [-0.3, -0.25) is 15.1 Å². The molecule has 7 nitrogen and oxygen atoms in total. The largest absolute Gasteiger partial charge is 0.353 e. The van der Waals surface area contributed by atoms with Crippen molar-refractivity contribution in [3.05, 3.63) is 28.7 Å². The monoisotopic (exact) mass is 323 g/mol. The number of aromatic nitrogens is 3. The normalized spacial score (nSPS) is 19.2. The number of hydrogen-bond acceptors (Lipinski definition) is 6. The lowest BCUT2D eigenvalue weighted by molar-refractivity contribution is -0.121. The topological polar surface area (TPSA) is 92.9 Å². The molecule has 98 valence electrons. The fourth-order valence-corrected chi connectivity index (χ4v) is 1.96. The van der Waals surface area contributed by atoms with Gasteiger partial charge in [0.25, 0.3) is 0 Å². The number of piperazine rings is 1. The molecule has 19 heavy (non-hydrogen) atoms. The molecular weight excluding hydrogens is 314 g/mol. The van der Waals surface area contributed by atoms with Gasteiger partial charge in [-0.25, -0.2) is 0 Å². The molecule has 1 unspecified atom stereocenters. The molecule has 0 saturated carbocycles. The molecule has 3 heterocycles. The van der Waals surface area contributed by atoms with Crippen LogP contribution in [0, 0.1) is 0 Å². The van der Waals surface area contributed by atoms with Gasteiger partial charge in [0.05, 0.1) is 6.54 Å². The van der Waals surface area contributed by atoms with E-state index in [2.05, 4.69) is 41.7 Å². The molecule has 1 atom stereocenters. The molecular formula is C11H10BrN5O2. The Kier molecular flexibility index (Phi) is 3.26. The minimum atomic E-state index is -0.158. The van der Waals surface area contributed by atoms with Crippen LogP contribution < -0.4 is 10.6 Å². The summed E-state index contributed by atoms with van der Waals surface area (Å²) in [5.41, 5.74) is 0.637. The lowest BCUT2D eigenvalue weighted by Gasteiger charge is -2.20. The Hall–Kier alpha value is -1.80. The van der Waals surface area contributed by atoms with Gasteiger partial charge >= 0.3 is 0 Å². The average Bonchev–Trinajstić information content (AvgIpc) is 2.90. The summed E-state index contributed by atoms with van der Waals surface area (Å²) >= 11 is 3.31. The van der Waals surface area contributed by atoms with E-state index in [0.717, 1.165) is 4.47 Å². The molecule has 1 aliphatic heterocycles. The molecule has 0 spiro atoms. The highest BCUT2D eigenvalue weighted by molar-refractivity contribution is 9.10. The van der Waals surface area contributed by atoms with Crippen molar-refractivity contribution in [1.82, 2.24) is 25.8 Å². The summed E-state index contributed by atoms with van der Waals surface area (Å²) in [4.78, 5) is 19.5. The zero-order chi connectivity index (χ0) is 13.2. The van der Waals surface area contributed by atoms with E-state index in [1.54, 1.807) is 12.3 Å². The summed E-state index contributed by atoms with van der Waals surface area (Å²) in [6.45, 7) is 0.688. The third-order valence-corrected chi connectivity index (χ3v) is 3.18. The zero-order valence-corrected chi connectivity index (χ0v) is 11.3. The first kappa shape index (κ1) is 12.2. The van der Waals surface area contributed by atoms with Gasteiger partial charge in [0.1, 0.15) is 11.7 Å². The molecule has 1 fully saturated rings. The van der Waals surface area contributed by atoms with Crippen molar-refractivity contribution in [2.24, 2.45) is 0 Å². The van der Waals surface area contributed by atoms with Crippen LogP contribution in [-0.2, 0) is 4.79 Å². The molecule has 1 amide bonds. The van der Waals surface area contributed by atoms with E-state index >= 15 is 0 Å². The van der Waals surface area contributed by atoms with Crippen molar-refractivity contribution in [1.29, 1.82) is 0 Å². The van der Waals surface area contributed by atoms with E-state index in [1.807, 2.05) is 6.07 Å². The third kappa shape index (κ3) is 2.64. The number of halogens is 1. The predicted octanol–water partition coefficient (Wildman–Crippen LogP) is 0.655. The van der Waals surface area contributed by atoms with Crippen LogP contribution in [-0.4, -0.2) is 34.1 Å². The highest BCUT2D eigenvalue weighted by atomic mass is 79.9. The number of rotatable bonds is 2. The van der Waals surface area contributed by atoms with Crippen LogP contribution in [0.2, 0.25) is 0 Å². The SMILES string of the molecule is O=C1CNC(c2nc(-c3ccc(Br)cn3)no2)CN1. The number of carbonyl (C=O) groups is 1. The number of amides is 1. The number of carbonyl (C=O) groups excluding carboxylic acids is 1. The van der Waals surface area contributed by atoms with Crippen molar-refractivity contribution in [3.8, 4) is 11.5 Å². The Morgan fingerprint density at radius 3 is 3.00 bits per heavy atom. The molecule has 1 aliphatic rings. The van der Waals surface area contributed by atoms with Gasteiger partial charge in [-0.1, -0.05) is 5.16 Å². The minimum Gasteiger partial charge on any atom is -0.353 e. The predicted molar refractivity (Wildman–Crippen MR) is 69.0 cm³/mol. The number of pyridine rings is 1. The minimum absolute atomic E-state index is 0.0365. The van der Waals surface area contributed by atoms with Crippen molar-refractivity contribution in [2.75, 3.05) is 13.1 Å². The molecule has 0 aromatic carbocycles. The maximum atomic E-state index is 11.0. The summed E-state index contributed by atoms with van der Waals surface area (Å²) < 4.78 is 6.08. The fraction of sp³-hybridized carbons (Fsp3) is 0.273. The van der Waals surface area contributed by atoms with Gasteiger partial charge in [-0.15, -0.1) is 0 Å². The van der Waals surface area contributed by atoms with E-state index in [0.29, 0.717) is 24.0 Å². The van der Waals surface area contributed by atoms with Gasteiger partial charge in [0, 0.05) is 17.2 Å². The molecule has 2 aromatic rings. The fourth-order valence-electron chi connectivity index (χ4n) is 1.73. The molecule has 2 N–H and O–H groups in total. The first-order chi connectivity index (χ1) is 9.22. The van der Waals surface area contributed by atoms with Crippen LogP contribution in [0.15, 0.2) is 27.3 Å². The lowest BCUT2D eigenvalue weighted by Crippen LogP contribution is -2.47. The van der Waals surface area contributed by atoms with E-state index in [4.69, 9.17) is 4.52 Å². The van der Waals surface area contributed by atoms with Gasteiger partial charge in [0.15, 0.2) is 0 Å². The number of nitrogens with one attached hydrogen (secondary N) is 2. The van der Waals surface area contributed by atoms with Gasteiger partial charge in [-0.05, 0) is 28.1 Å². The van der Waals surface area contributed by atoms with Crippen LogP contribution >= 0.6 is 15.9 Å². The molecule has 0 aliphatic carbocycles. The first-order valence-corrected chi connectivity index (χ1v) is 6.47. The maximum absolute atomic E-state index is 11.0. The third-order valence-electron chi connectivity index (χ3n) is 2.71. The number of nitrogens with zero attached hydrogens (tertiary/aromatic N) is 3. The van der Waals surface area contributed by atoms with Gasteiger partial charge < -0.3 is 9.84 Å². The Balaban J connectivity index is 1.79. The van der Waals surface area contributed by atoms with Crippen molar-refractivity contribution in [2.45, 2.75) is 6.04 Å². The molecule has 0 bridgehead atoms. The van der Waals surface area contributed by atoms with Crippen molar-refractivity contribution >= 4 is 21.8 Å². The van der Waals surface area contributed by atoms with E-state index in [-0.39, 0.29) is 18.5 Å². The average molecular weight is 324 g/mol. The zero-order valence-electron chi connectivity index (χ0n) is 9.76. The Morgan fingerprint density at radius 1 is 1.42 bits per heavy atom. The first-order valence-electron chi connectivity index (χ1n) is 5.68. The molecule has 8 heteroatoms. The van der Waals surface area contributed by atoms with Gasteiger partial charge in [-0.2, -0.15) is 4.98 Å². The molecule has 3 rings (SSSR count). The summed E-state index contributed by atoms with van der Waals surface area (Å²) in [6.07, 6.45) is 1.67. The maximum Gasteiger partial charge on any atom is 0.245 e. The summed E-state index contributed by atoms with van der Waals surface area (Å²) in [6, 6.07) is 3.50. The molecule has 1 saturated heterocycles. The van der Waals surface area contributed by atoms with Crippen molar-refractivity contribution in [3.63, 3.8) is 0 Å². The highest BCUT2D eigenvalue weighted by Gasteiger charge is 2.24. The van der Waals surface area contributed by atoms with E-state index < -0.39 is 0 Å². The van der Waals surface area contributed by atoms with Crippen LogP contribution in [0.5, 0.6) is 0 Å². The van der Waals surface area contributed by atoms with Crippen LogP contribution in [0.4, 0.5) is 0 Å². The van der Waals surface area contributed by atoms with Crippen molar-refractivity contribution < 1.29 is 9.32 Å². The lowest BCUT2D eigenvalue weighted by atomic mass is 10.2. The molecule has 0 radical (unpaired) electrons. The van der Waals surface area contributed by atoms with Crippen LogP contribution in [0.3, 0.4) is 0 Å². The summed E-state index contributed by atoms with van der Waals surface area (Å²) in [7, 11) is 0. The quantitative estimate of drug-likeness (QED) is 0.843. The summed E-state index contributed by atoms with van der Waals surface area (Å²) in [5.74, 6) is 0.839. The van der Waals surface area contributed by atoms with Gasteiger partial charge in [0.2, 0.25) is 17.6 Å². The second kappa shape index (κ2) is 5.06. The Morgan fingerprint density at radius 2 is 2.32 bits per heavy atom. The van der Waals surface area contributed by atoms with Crippen LogP contribution in [0.1, 0.15) is 11.9 Å². The standard InChI is InChI=1S/C11H10BrN5O2/c12-6-1-2-7(13-3-6)10-16-11(19-17-10)8-4-15-9(18)5-14-8/h1-3,8,14H,4-5H2,(H,15,18). The van der Waals surface area contributed by atoms with Crippen LogP contribution in [0.25, 0.3) is 11.5 Å². The Bertz CT molecular complexity index is 587. The molecule has 2 aromatic heterocycles. The van der Waals surface area contributed by atoms with E-state index in [9.17, 15) is 4.79 Å². The number of hydrogen-bond donors (Lipinski definition) is 2.